The molecule has 2 aromatic rings. The zero-order chi connectivity index (χ0) is 18.6. The normalized spacial score (nSPS) is 30.2. The van der Waals surface area contributed by atoms with Crippen LogP contribution in [0.2, 0.25) is 0 Å². The van der Waals surface area contributed by atoms with E-state index in [1.54, 1.807) is 6.92 Å². The standard InChI is InChI=1S/C15H24N5O4P/c1-15(5-6-25(2,3)4)10(22)9(21)13(24-15)20-7-17-8-11(20)18-14(16)19-12(8)23/h7,9-10,13,21-22H,2,5-6H2,1,3-4H3,(H3,16,18,19,23)/t9-,10+,13?,15-/m1/s1. The van der Waals surface area contributed by atoms with E-state index >= 15 is 0 Å². The van der Waals surface area contributed by atoms with Gasteiger partial charge in [-0.15, -0.1) is 13.2 Å². The second-order valence-electron chi connectivity index (χ2n) is 7.44. The number of aromatic amines is 1. The predicted octanol–water partition coefficient (Wildman–Crippen LogP) is -0.190. The van der Waals surface area contributed by atoms with Crippen molar-refractivity contribution < 1.29 is 14.9 Å². The molecule has 0 aromatic carbocycles. The lowest BCUT2D eigenvalue weighted by molar-refractivity contribution is -0.0925. The molecule has 0 spiro atoms. The molecule has 10 heteroatoms. The topological polar surface area (TPSA) is 139 Å². The molecule has 0 amide bonds. The number of ether oxygens (including phenoxy) is 1. The van der Waals surface area contributed by atoms with Gasteiger partial charge >= 0.3 is 0 Å². The fourth-order valence-electron chi connectivity index (χ4n) is 3.01. The van der Waals surface area contributed by atoms with Crippen molar-refractivity contribution >= 4 is 30.3 Å². The van der Waals surface area contributed by atoms with Gasteiger partial charge in [0.25, 0.3) is 5.56 Å². The van der Waals surface area contributed by atoms with Crippen LogP contribution in [0, 0.1) is 0 Å². The van der Waals surface area contributed by atoms with E-state index < -0.39 is 36.5 Å². The molecule has 9 nitrogen and oxygen atoms in total. The fourth-order valence-corrected chi connectivity index (χ4v) is 4.06. The van der Waals surface area contributed by atoms with Gasteiger partial charge in [0.1, 0.15) is 12.2 Å². The van der Waals surface area contributed by atoms with Crippen LogP contribution in [-0.4, -0.2) is 73.3 Å². The van der Waals surface area contributed by atoms with Crippen molar-refractivity contribution in [1.29, 1.82) is 0 Å². The smallest absolute Gasteiger partial charge is 0.280 e. The maximum Gasteiger partial charge on any atom is 0.280 e. The third-order valence-electron chi connectivity index (χ3n) is 4.57. The minimum atomic E-state index is -1.31. The van der Waals surface area contributed by atoms with Gasteiger partial charge in [-0.3, -0.25) is 14.3 Å². The van der Waals surface area contributed by atoms with Gasteiger partial charge in [-0.2, -0.15) is 4.98 Å². The van der Waals surface area contributed by atoms with E-state index in [1.165, 1.54) is 10.9 Å². The number of hydrogen-bond donors (Lipinski definition) is 4. The van der Waals surface area contributed by atoms with Crippen molar-refractivity contribution in [3.8, 4) is 0 Å². The summed E-state index contributed by atoms with van der Waals surface area (Å²) in [6.07, 6.45) is 3.73. The summed E-state index contributed by atoms with van der Waals surface area (Å²) in [7, 11) is 0. The zero-order valence-corrected chi connectivity index (χ0v) is 15.4. The summed E-state index contributed by atoms with van der Waals surface area (Å²) >= 11 is 0. The maximum absolute atomic E-state index is 11.9. The van der Waals surface area contributed by atoms with Crippen LogP contribution in [0.15, 0.2) is 11.1 Å². The highest BCUT2D eigenvalue weighted by atomic mass is 31.2. The van der Waals surface area contributed by atoms with Gasteiger partial charge in [0, 0.05) is 0 Å². The zero-order valence-electron chi connectivity index (χ0n) is 14.5. The molecule has 138 valence electrons. The SMILES string of the molecule is C=P(C)(C)CC[C@@]1(C)OC(n2cnc3c(=O)[nH]c(N)nc32)[C@H](O)[C@@H]1O. The number of nitrogens with two attached hydrogens (primary N) is 1. The van der Waals surface area contributed by atoms with E-state index in [-0.39, 0.29) is 17.1 Å². The second kappa shape index (κ2) is 5.95. The molecule has 3 rings (SSSR count). The Morgan fingerprint density at radius 3 is 2.84 bits per heavy atom. The molecule has 0 radical (unpaired) electrons. The van der Waals surface area contributed by atoms with Gasteiger partial charge in [-0.1, -0.05) is 0 Å². The number of nitrogen functional groups attached to an aromatic ring is 1. The quantitative estimate of drug-likeness (QED) is 0.548. The first-order valence-electron chi connectivity index (χ1n) is 7.95. The van der Waals surface area contributed by atoms with Crippen molar-refractivity contribution in [2.24, 2.45) is 0 Å². The fraction of sp³-hybridized carbons (Fsp3) is 0.600. The summed E-state index contributed by atoms with van der Waals surface area (Å²) in [5, 5.41) is 21.1. The molecule has 1 saturated heterocycles. The van der Waals surface area contributed by atoms with E-state index in [0.29, 0.717) is 6.42 Å². The van der Waals surface area contributed by atoms with E-state index in [4.69, 9.17) is 10.5 Å². The molecule has 5 N–H and O–H groups in total. The molecule has 1 aliphatic rings. The number of H-pyrrole nitrogens is 1. The Morgan fingerprint density at radius 2 is 2.20 bits per heavy atom. The van der Waals surface area contributed by atoms with Gasteiger partial charge < -0.3 is 20.7 Å². The summed E-state index contributed by atoms with van der Waals surface area (Å²) in [5.74, 6) is -0.0568. The number of aliphatic hydroxyl groups excluding tert-OH is 2. The highest BCUT2D eigenvalue weighted by Crippen LogP contribution is 2.44. The van der Waals surface area contributed by atoms with Crippen molar-refractivity contribution in [3.63, 3.8) is 0 Å². The second-order valence-corrected chi connectivity index (χ2v) is 11.8. The minimum absolute atomic E-state index is 0.0568. The Kier molecular flexibility index (Phi) is 4.31. The first kappa shape index (κ1) is 18.1. The number of aliphatic hydroxyl groups is 2. The summed E-state index contributed by atoms with van der Waals surface area (Å²) in [5.41, 5.74) is 4.49. The number of fused-ring (bicyclic) bond motifs is 1. The molecule has 2 aromatic heterocycles. The van der Waals surface area contributed by atoms with Crippen LogP contribution in [0.5, 0.6) is 0 Å². The number of anilines is 1. The molecule has 4 atom stereocenters. The highest BCUT2D eigenvalue weighted by Gasteiger charge is 2.52. The van der Waals surface area contributed by atoms with E-state index in [2.05, 4.69) is 34.6 Å². The van der Waals surface area contributed by atoms with Crippen molar-refractivity contribution in [3.05, 3.63) is 16.7 Å². The number of nitrogens with zero attached hydrogens (tertiary/aromatic N) is 3. The largest absolute Gasteiger partial charge is 0.387 e. The molecule has 25 heavy (non-hydrogen) atoms. The lowest BCUT2D eigenvalue weighted by Gasteiger charge is -2.29. The Morgan fingerprint density at radius 1 is 1.52 bits per heavy atom. The number of hydrogen-bond acceptors (Lipinski definition) is 7. The molecule has 1 fully saturated rings. The van der Waals surface area contributed by atoms with Gasteiger partial charge in [0.05, 0.1) is 11.9 Å². The number of rotatable bonds is 4. The van der Waals surface area contributed by atoms with Crippen LogP contribution < -0.4 is 11.3 Å². The average Bonchev–Trinajstić information content (AvgIpc) is 3.00. The summed E-state index contributed by atoms with van der Waals surface area (Å²) in [6.45, 7) is 4.67. The minimum Gasteiger partial charge on any atom is -0.387 e. The highest BCUT2D eigenvalue weighted by molar-refractivity contribution is 7.72. The number of aromatic nitrogens is 4. The van der Waals surface area contributed by atoms with Gasteiger partial charge in [-0.05, 0) is 32.8 Å². The lowest BCUT2D eigenvalue weighted by Crippen LogP contribution is -2.41. The molecular formula is C15H24N5O4P. The van der Waals surface area contributed by atoms with Crippen LogP contribution in [0.3, 0.4) is 0 Å². The summed E-state index contributed by atoms with van der Waals surface area (Å²) in [4.78, 5) is 22.4. The molecule has 0 bridgehead atoms. The van der Waals surface area contributed by atoms with Crippen LogP contribution in [0.4, 0.5) is 5.95 Å². The molecule has 1 unspecified atom stereocenters. The predicted molar refractivity (Wildman–Crippen MR) is 98.5 cm³/mol. The molecule has 3 heterocycles. The van der Waals surface area contributed by atoms with Crippen LogP contribution >= 0.6 is 6.89 Å². The van der Waals surface area contributed by atoms with Gasteiger partial charge in [0.15, 0.2) is 17.4 Å². The lowest BCUT2D eigenvalue weighted by atomic mass is 9.95. The van der Waals surface area contributed by atoms with Gasteiger partial charge in [-0.25, -0.2) is 4.98 Å². The Hall–Kier alpha value is -1.67. The summed E-state index contributed by atoms with van der Waals surface area (Å²) < 4.78 is 7.46. The van der Waals surface area contributed by atoms with E-state index in [0.717, 1.165) is 6.16 Å². The monoisotopic (exact) mass is 369 g/mol. The van der Waals surface area contributed by atoms with Crippen molar-refractivity contribution in [2.45, 2.75) is 37.4 Å². The molecular weight excluding hydrogens is 345 g/mol. The van der Waals surface area contributed by atoms with Crippen LogP contribution in [0.25, 0.3) is 11.2 Å². The Bertz CT molecular complexity index is 903. The van der Waals surface area contributed by atoms with Crippen molar-refractivity contribution in [1.82, 2.24) is 19.5 Å². The first-order valence-corrected chi connectivity index (χ1v) is 11.0. The average molecular weight is 369 g/mol. The third kappa shape index (κ3) is 3.25. The van der Waals surface area contributed by atoms with Crippen LogP contribution in [-0.2, 0) is 4.74 Å². The number of imidazole rings is 1. The third-order valence-corrected chi connectivity index (χ3v) is 6.00. The molecule has 0 saturated carbocycles. The van der Waals surface area contributed by atoms with E-state index in [1.807, 2.05) is 0 Å². The maximum atomic E-state index is 11.9. The Balaban J connectivity index is 1.96. The van der Waals surface area contributed by atoms with Crippen molar-refractivity contribution in [2.75, 3.05) is 25.2 Å². The molecule has 0 aliphatic carbocycles. The summed E-state index contributed by atoms with van der Waals surface area (Å²) in [6, 6.07) is 0. The van der Waals surface area contributed by atoms with Gasteiger partial charge in [0.2, 0.25) is 5.95 Å². The first-order chi connectivity index (χ1) is 11.5. The van der Waals surface area contributed by atoms with E-state index in [9.17, 15) is 15.0 Å². The van der Waals surface area contributed by atoms with Crippen LogP contribution in [0.1, 0.15) is 19.6 Å². The number of nitrogens with one attached hydrogen (secondary N) is 1. The Labute approximate surface area is 144 Å². The molecule has 1 aliphatic heterocycles.